The first-order chi connectivity index (χ1) is 18.3. The van der Waals surface area contributed by atoms with Crippen LogP contribution in [0.25, 0.3) is 0 Å². The Labute approximate surface area is 229 Å². The summed E-state index contributed by atoms with van der Waals surface area (Å²) in [6, 6.07) is 20.5. The Hall–Kier alpha value is -2.06. The Kier molecular flexibility index (Phi) is 10.2. The summed E-state index contributed by atoms with van der Waals surface area (Å²) < 4.78 is 23.2. The van der Waals surface area contributed by atoms with Crippen molar-refractivity contribution >= 4 is 18.7 Å². The van der Waals surface area contributed by atoms with E-state index in [-0.39, 0.29) is 29.6 Å². The first-order valence-electron chi connectivity index (χ1n) is 13.9. The molecule has 206 valence electrons. The molecule has 1 saturated heterocycles. The molecule has 4 rings (SSSR count). The number of hydrogen-bond donors (Lipinski definition) is 1. The molecule has 0 spiro atoms. The average Bonchev–Trinajstić information content (AvgIpc) is 3.45. The normalized spacial score (nSPS) is 22.6. The molecule has 0 amide bonds. The summed E-state index contributed by atoms with van der Waals surface area (Å²) >= 11 is 0. The van der Waals surface area contributed by atoms with Crippen molar-refractivity contribution in [2.75, 3.05) is 20.3 Å². The lowest BCUT2D eigenvalue weighted by Crippen LogP contribution is -2.65. The molecule has 0 saturated carbocycles. The van der Waals surface area contributed by atoms with Gasteiger partial charge in [0.2, 0.25) is 0 Å². The fourth-order valence-electron chi connectivity index (χ4n) is 5.69. The van der Waals surface area contributed by atoms with E-state index in [4.69, 9.17) is 18.9 Å². The molecular weight excluding hydrogens is 492 g/mol. The Morgan fingerprint density at radius 3 is 2.16 bits per heavy atom. The standard InChI is InChI=1S/C32H44O5Si/c1-25(12-11-17-30-29(34-4)19-18-26(37-30)24-31-35-22-23-36-31)20-21-32(2,3)38(33,27-13-7-5-8-14-27)28-15-9-6-10-16-28/h5-10,13-16,18-19,26,29-31,33H,1,11-12,17,20-24H2,2-4H3/t26-,29-,30+/m0/s1. The smallest absolute Gasteiger partial charge is 0.258 e. The van der Waals surface area contributed by atoms with Crippen molar-refractivity contribution in [1.29, 1.82) is 0 Å². The molecule has 5 nitrogen and oxygen atoms in total. The topological polar surface area (TPSA) is 57.2 Å². The molecule has 3 atom stereocenters. The number of hydrogen-bond acceptors (Lipinski definition) is 5. The van der Waals surface area contributed by atoms with Crippen LogP contribution in [-0.2, 0) is 18.9 Å². The summed E-state index contributed by atoms with van der Waals surface area (Å²) in [4.78, 5) is 12.4. The minimum Gasteiger partial charge on any atom is -0.424 e. The van der Waals surface area contributed by atoms with Gasteiger partial charge in [0.1, 0.15) is 6.10 Å². The van der Waals surface area contributed by atoms with Gasteiger partial charge in [-0.25, -0.2) is 0 Å². The van der Waals surface area contributed by atoms with Gasteiger partial charge >= 0.3 is 0 Å². The monoisotopic (exact) mass is 536 g/mol. The first-order valence-corrected chi connectivity index (χ1v) is 15.9. The van der Waals surface area contributed by atoms with E-state index in [1.165, 1.54) is 5.57 Å². The highest BCUT2D eigenvalue weighted by Crippen LogP contribution is 2.41. The van der Waals surface area contributed by atoms with Crippen molar-refractivity contribution in [3.63, 3.8) is 0 Å². The Morgan fingerprint density at radius 2 is 1.58 bits per heavy atom. The van der Waals surface area contributed by atoms with Gasteiger partial charge in [-0.2, -0.15) is 0 Å². The Balaban J connectivity index is 1.32. The highest BCUT2D eigenvalue weighted by atomic mass is 28.4. The lowest BCUT2D eigenvalue weighted by Gasteiger charge is -2.41. The number of allylic oxidation sites excluding steroid dienone is 1. The van der Waals surface area contributed by atoms with E-state index >= 15 is 0 Å². The summed E-state index contributed by atoms with van der Waals surface area (Å²) in [5.74, 6) is 0. The van der Waals surface area contributed by atoms with Crippen molar-refractivity contribution in [2.45, 2.75) is 82.0 Å². The van der Waals surface area contributed by atoms with Crippen molar-refractivity contribution in [3.05, 3.63) is 85.0 Å². The van der Waals surface area contributed by atoms with Crippen LogP contribution < -0.4 is 10.4 Å². The Morgan fingerprint density at radius 1 is 0.974 bits per heavy atom. The van der Waals surface area contributed by atoms with Gasteiger partial charge in [0.05, 0.1) is 25.4 Å². The highest BCUT2D eigenvalue weighted by molar-refractivity contribution is 6.98. The molecule has 0 radical (unpaired) electrons. The Bertz CT molecular complexity index is 993. The lowest BCUT2D eigenvalue weighted by molar-refractivity contribution is -0.115. The zero-order valence-corrected chi connectivity index (χ0v) is 24.2. The molecular formula is C32H44O5Si. The van der Waals surface area contributed by atoms with Gasteiger partial charge in [-0.15, -0.1) is 0 Å². The van der Waals surface area contributed by atoms with E-state index in [1.807, 2.05) is 36.4 Å². The number of ether oxygens (including phenoxy) is 4. The van der Waals surface area contributed by atoms with Gasteiger partial charge in [-0.05, 0) is 47.5 Å². The number of benzene rings is 2. The maximum atomic E-state index is 12.4. The number of methoxy groups -OCH3 is 1. The van der Waals surface area contributed by atoms with Crippen LogP contribution in [0, 0.1) is 0 Å². The fraction of sp³-hybridized carbons (Fsp3) is 0.500. The zero-order valence-electron chi connectivity index (χ0n) is 23.2. The molecule has 0 aromatic heterocycles. The van der Waals surface area contributed by atoms with Crippen LogP contribution in [0.4, 0.5) is 0 Å². The van der Waals surface area contributed by atoms with Gasteiger partial charge in [-0.1, -0.05) is 98.8 Å². The minimum absolute atomic E-state index is 0.00862. The summed E-state index contributed by atoms with van der Waals surface area (Å²) in [6.07, 6.45) is 9.26. The maximum absolute atomic E-state index is 12.4. The third-order valence-corrected chi connectivity index (χ3v) is 12.7. The van der Waals surface area contributed by atoms with Crippen molar-refractivity contribution in [3.8, 4) is 0 Å². The van der Waals surface area contributed by atoms with Gasteiger partial charge in [0.25, 0.3) is 8.32 Å². The van der Waals surface area contributed by atoms with E-state index in [2.05, 4.69) is 56.8 Å². The van der Waals surface area contributed by atoms with Gasteiger partial charge in [-0.3, -0.25) is 0 Å². The van der Waals surface area contributed by atoms with Gasteiger partial charge < -0.3 is 23.7 Å². The second-order valence-electron chi connectivity index (χ2n) is 11.2. The zero-order chi connectivity index (χ0) is 27.0. The fourth-order valence-corrected chi connectivity index (χ4v) is 9.42. The summed E-state index contributed by atoms with van der Waals surface area (Å²) in [7, 11) is -1.26. The molecule has 0 aliphatic carbocycles. The molecule has 6 heteroatoms. The predicted octanol–water partition coefficient (Wildman–Crippen LogP) is 5.13. The SMILES string of the molecule is C=C(CCC[C@H]1O[C@H](CC2OCCO2)C=C[C@@H]1OC)CCC(C)(C)[Si](O)(c1ccccc1)c1ccccc1. The molecule has 0 bridgehead atoms. The van der Waals surface area contributed by atoms with E-state index in [9.17, 15) is 4.80 Å². The molecule has 2 aromatic carbocycles. The molecule has 1 fully saturated rings. The minimum atomic E-state index is -3.00. The average molecular weight is 537 g/mol. The van der Waals surface area contributed by atoms with Gasteiger partial charge in [0.15, 0.2) is 6.29 Å². The van der Waals surface area contributed by atoms with E-state index < -0.39 is 8.32 Å². The van der Waals surface area contributed by atoms with Crippen molar-refractivity contribution in [2.24, 2.45) is 0 Å². The van der Waals surface area contributed by atoms with Crippen LogP contribution in [0.15, 0.2) is 85.0 Å². The van der Waals surface area contributed by atoms with Crippen LogP contribution in [-0.4, -0.2) is 58.0 Å². The van der Waals surface area contributed by atoms with Crippen molar-refractivity contribution < 1.29 is 23.7 Å². The lowest BCUT2D eigenvalue weighted by atomic mass is 9.96. The second-order valence-corrected chi connectivity index (χ2v) is 15.1. The van der Waals surface area contributed by atoms with Crippen LogP contribution in [0.1, 0.15) is 52.4 Å². The van der Waals surface area contributed by atoms with Crippen LogP contribution in [0.2, 0.25) is 5.04 Å². The van der Waals surface area contributed by atoms with Gasteiger partial charge in [0, 0.05) is 13.5 Å². The van der Waals surface area contributed by atoms with Crippen LogP contribution >= 0.6 is 0 Å². The predicted molar refractivity (Wildman–Crippen MR) is 155 cm³/mol. The molecule has 38 heavy (non-hydrogen) atoms. The third kappa shape index (κ3) is 6.92. The van der Waals surface area contributed by atoms with Crippen molar-refractivity contribution in [1.82, 2.24) is 0 Å². The quantitative estimate of drug-likeness (QED) is 0.284. The molecule has 1 N–H and O–H groups in total. The molecule has 0 unspecified atom stereocenters. The van der Waals surface area contributed by atoms with Crippen LogP contribution in [0.5, 0.6) is 0 Å². The van der Waals surface area contributed by atoms with E-state index in [0.717, 1.165) is 42.5 Å². The van der Waals surface area contributed by atoms with Crippen LogP contribution in [0.3, 0.4) is 0 Å². The third-order valence-electron chi connectivity index (χ3n) is 8.10. The first kappa shape index (κ1) is 28.9. The molecule has 2 heterocycles. The van der Waals surface area contributed by atoms with E-state index in [0.29, 0.717) is 19.6 Å². The highest BCUT2D eigenvalue weighted by Gasteiger charge is 2.49. The second kappa shape index (κ2) is 13.3. The summed E-state index contributed by atoms with van der Waals surface area (Å²) in [5.41, 5.74) is 1.22. The summed E-state index contributed by atoms with van der Waals surface area (Å²) in [5, 5.41) is 1.84. The molecule has 2 aromatic rings. The summed E-state index contributed by atoms with van der Waals surface area (Å²) in [6.45, 7) is 10.1. The molecule has 2 aliphatic rings. The maximum Gasteiger partial charge on any atom is 0.258 e. The molecule has 2 aliphatic heterocycles. The number of rotatable bonds is 13. The van der Waals surface area contributed by atoms with E-state index in [1.54, 1.807) is 7.11 Å². The largest absolute Gasteiger partial charge is 0.424 e.